The molecule has 1 aromatic carbocycles. The number of nitrogens with one attached hydrogen (secondary N) is 1. The fourth-order valence-corrected chi connectivity index (χ4v) is 4.34. The molecule has 1 aliphatic rings. The van der Waals surface area contributed by atoms with Crippen molar-refractivity contribution in [2.45, 2.75) is 30.6 Å². The van der Waals surface area contributed by atoms with E-state index in [1.165, 1.54) is 26.4 Å². The second-order valence-electron chi connectivity index (χ2n) is 5.86. The van der Waals surface area contributed by atoms with Crippen molar-refractivity contribution in [3.05, 3.63) is 18.2 Å². The van der Waals surface area contributed by atoms with E-state index in [9.17, 15) is 18.3 Å². The molecule has 2 atom stereocenters. The predicted molar refractivity (Wildman–Crippen MR) is 87.8 cm³/mol. The van der Waals surface area contributed by atoms with Gasteiger partial charge < -0.3 is 14.6 Å². The summed E-state index contributed by atoms with van der Waals surface area (Å²) in [5.74, 6) is -0.965. The number of sulfonamides is 1. The summed E-state index contributed by atoms with van der Waals surface area (Å²) in [6, 6.07) is 4.52. The Morgan fingerprint density at radius 3 is 2.58 bits per heavy atom. The first kappa shape index (κ1) is 18.5. The van der Waals surface area contributed by atoms with Crippen LogP contribution in [0, 0.1) is 11.8 Å². The average Bonchev–Trinajstić information content (AvgIpc) is 2.59. The van der Waals surface area contributed by atoms with E-state index in [4.69, 9.17) is 9.47 Å². The Morgan fingerprint density at radius 2 is 1.96 bits per heavy atom. The van der Waals surface area contributed by atoms with Gasteiger partial charge in [0.2, 0.25) is 10.0 Å². The first-order chi connectivity index (χ1) is 11.4. The van der Waals surface area contributed by atoms with Crippen molar-refractivity contribution in [3.8, 4) is 11.5 Å². The summed E-state index contributed by atoms with van der Waals surface area (Å²) in [7, 11) is -0.991. The molecule has 0 spiro atoms. The number of aliphatic carboxylic acids is 1. The zero-order valence-electron chi connectivity index (χ0n) is 13.8. The third-order valence-electron chi connectivity index (χ3n) is 4.42. The molecule has 1 fully saturated rings. The molecule has 0 saturated heterocycles. The van der Waals surface area contributed by atoms with Crippen LogP contribution in [0.3, 0.4) is 0 Å². The van der Waals surface area contributed by atoms with Crippen molar-refractivity contribution in [1.82, 2.24) is 4.72 Å². The van der Waals surface area contributed by atoms with Gasteiger partial charge in [0.1, 0.15) is 16.4 Å². The Labute approximate surface area is 142 Å². The molecule has 8 heteroatoms. The van der Waals surface area contributed by atoms with Crippen molar-refractivity contribution in [2.24, 2.45) is 11.8 Å². The van der Waals surface area contributed by atoms with Gasteiger partial charge in [-0.1, -0.05) is 12.8 Å². The van der Waals surface area contributed by atoms with Crippen LogP contribution in [0.25, 0.3) is 0 Å². The summed E-state index contributed by atoms with van der Waals surface area (Å²) in [5, 5.41) is 9.29. The Bertz CT molecular complexity index is 688. The molecule has 0 radical (unpaired) electrons. The van der Waals surface area contributed by atoms with Crippen LogP contribution in [0.1, 0.15) is 25.7 Å². The number of benzene rings is 1. The fraction of sp³-hybridized carbons (Fsp3) is 0.562. The van der Waals surface area contributed by atoms with Gasteiger partial charge in [-0.2, -0.15) is 0 Å². The van der Waals surface area contributed by atoms with E-state index in [0.717, 1.165) is 12.8 Å². The molecule has 134 valence electrons. The topological polar surface area (TPSA) is 102 Å². The van der Waals surface area contributed by atoms with E-state index in [-0.39, 0.29) is 23.1 Å². The molecule has 0 amide bonds. The number of hydrogen-bond acceptors (Lipinski definition) is 5. The van der Waals surface area contributed by atoms with Crippen molar-refractivity contribution in [2.75, 3.05) is 20.8 Å². The quantitative estimate of drug-likeness (QED) is 0.772. The smallest absolute Gasteiger partial charge is 0.306 e. The lowest BCUT2D eigenvalue weighted by Crippen LogP contribution is -2.37. The van der Waals surface area contributed by atoms with Gasteiger partial charge in [-0.25, -0.2) is 13.1 Å². The highest BCUT2D eigenvalue weighted by Crippen LogP contribution is 2.31. The summed E-state index contributed by atoms with van der Waals surface area (Å²) in [6.07, 6.45) is 3.07. The van der Waals surface area contributed by atoms with Crippen molar-refractivity contribution >= 4 is 16.0 Å². The number of carboxylic acid groups (broad SMARTS) is 1. The van der Waals surface area contributed by atoms with E-state index in [0.29, 0.717) is 18.6 Å². The summed E-state index contributed by atoms with van der Waals surface area (Å²) >= 11 is 0. The molecule has 24 heavy (non-hydrogen) atoms. The van der Waals surface area contributed by atoms with Gasteiger partial charge in [-0.3, -0.25) is 4.79 Å². The molecule has 0 heterocycles. The Hall–Kier alpha value is -1.80. The summed E-state index contributed by atoms with van der Waals surface area (Å²) < 4.78 is 37.9. The highest BCUT2D eigenvalue weighted by molar-refractivity contribution is 7.89. The third-order valence-corrected chi connectivity index (χ3v) is 5.87. The SMILES string of the molecule is COc1ccc(OC)c(S(=O)(=O)NC[C@@H]2CCCC[C@@H]2C(=O)O)c1. The number of methoxy groups -OCH3 is 2. The highest BCUT2D eigenvalue weighted by atomic mass is 32.2. The number of hydrogen-bond donors (Lipinski definition) is 2. The maximum absolute atomic E-state index is 12.6. The second-order valence-corrected chi connectivity index (χ2v) is 7.59. The van der Waals surface area contributed by atoms with Gasteiger partial charge >= 0.3 is 5.97 Å². The van der Waals surface area contributed by atoms with Crippen LogP contribution in [0.15, 0.2) is 23.1 Å². The highest BCUT2D eigenvalue weighted by Gasteiger charge is 2.32. The van der Waals surface area contributed by atoms with Crippen LogP contribution in [0.4, 0.5) is 0 Å². The molecule has 0 bridgehead atoms. The normalized spacial score (nSPS) is 21.2. The van der Waals surface area contributed by atoms with Gasteiger partial charge in [0.05, 0.1) is 20.1 Å². The minimum absolute atomic E-state index is 0.0213. The van der Waals surface area contributed by atoms with Crippen LogP contribution in [0.5, 0.6) is 11.5 Å². The van der Waals surface area contributed by atoms with Crippen molar-refractivity contribution < 1.29 is 27.8 Å². The van der Waals surface area contributed by atoms with Gasteiger partial charge in [0.15, 0.2) is 0 Å². The lowest BCUT2D eigenvalue weighted by molar-refractivity contribution is -0.144. The number of carboxylic acids is 1. The van der Waals surface area contributed by atoms with Crippen LogP contribution in [-0.2, 0) is 14.8 Å². The molecular formula is C16H23NO6S. The molecule has 1 aromatic rings. The molecule has 1 aliphatic carbocycles. The third kappa shape index (κ3) is 4.18. The lowest BCUT2D eigenvalue weighted by atomic mass is 9.79. The first-order valence-electron chi connectivity index (χ1n) is 7.83. The zero-order chi connectivity index (χ0) is 17.7. The maximum Gasteiger partial charge on any atom is 0.306 e. The van der Waals surface area contributed by atoms with Crippen LogP contribution < -0.4 is 14.2 Å². The molecular weight excluding hydrogens is 334 g/mol. The number of ether oxygens (including phenoxy) is 2. The predicted octanol–water partition coefficient (Wildman–Crippen LogP) is 1.87. The molecule has 0 aromatic heterocycles. The largest absolute Gasteiger partial charge is 0.497 e. The monoisotopic (exact) mass is 357 g/mol. The maximum atomic E-state index is 12.6. The second kappa shape index (κ2) is 7.85. The minimum Gasteiger partial charge on any atom is -0.497 e. The Kier molecular flexibility index (Phi) is 6.06. The van der Waals surface area contributed by atoms with E-state index >= 15 is 0 Å². The minimum atomic E-state index is -3.83. The number of carbonyl (C=O) groups is 1. The Morgan fingerprint density at radius 1 is 1.25 bits per heavy atom. The van der Waals surface area contributed by atoms with Gasteiger partial charge in [-0.15, -0.1) is 0 Å². The van der Waals surface area contributed by atoms with Gasteiger partial charge in [0, 0.05) is 12.6 Å². The summed E-state index contributed by atoms with van der Waals surface area (Å²) in [4.78, 5) is 11.3. The molecule has 2 rings (SSSR count). The van der Waals surface area contributed by atoms with Crippen molar-refractivity contribution in [3.63, 3.8) is 0 Å². The van der Waals surface area contributed by atoms with Crippen LogP contribution >= 0.6 is 0 Å². The average molecular weight is 357 g/mol. The molecule has 0 aliphatic heterocycles. The van der Waals surface area contributed by atoms with Gasteiger partial charge in [-0.05, 0) is 30.9 Å². The molecule has 1 saturated carbocycles. The summed E-state index contributed by atoms with van der Waals surface area (Å²) in [6.45, 7) is 0.0969. The van der Waals surface area contributed by atoms with E-state index in [1.54, 1.807) is 6.07 Å². The Balaban J connectivity index is 2.17. The zero-order valence-corrected chi connectivity index (χ0v) is 14.6. The standard InChI is InChI=1S/C16H23NO6S/c1-22-12-7-8-14(23-2)15(9-12)24(20,21)17-10-11-5-3-4-6-13(11)16(18)19/h7-9,11,13,17H,3-6,10H2,1-2H3,(H,18,19)/t11-,13-/m0/s1. The van der Waals surface area contributed by atoms with E-state index in [1.807, 2.05) is 0 Å². The molecule has 7 nitrogen and oxygen atoms in total. The van der Waals surface area contributed by atoms with E-state index in [2.05, 4.69) is 4.72 Å². The van der Waals surface area contributed by atoms with E-state index < -0.39 is 21.9 Å². The van der Waals surface area contributed by atoms with Crippen LogP contribution in [-0.4, -0.2) is 40.3 Å². The first-order valence-corrected chi connectivity index (χ1v) is 9.32. The fourth-order valence-electron chi connectivity index (χ4n) is 3.07. The molecule has 0 unspecified atom stereocenters. The molecule has 2 N–H and O–H groups in total. The van der Waals surface area contributed by atoms with Crippen LogP contribution in [0.2, 0.25) is 0 Å². The number of rotatable bonds is 7. The van der Waals surface area contributed by atoms with Gasteiger partial charge in [0.25, 0.3) is 0 Å². The summed E-state index contributed by atoms with van der Waals surface area (Å²) in [5.41, 5.74) is 0. The lowest BCUT2D eigenvalue weighted by Gasteiger charge is -2.28. The van der Waals surface area contributed by atoms with Crippen molar-refractivity contribution in [1.29, 1.82) is 0 Å².